The Bertz CT molecular complexity index is 394. The van der Waals surface area contributed by atoms with Gasteiger partial charge in [0.25, 0.3) is 0 Å². The van der Waals surface area contributed by atoms with Crippen LogP contribution in [0.25, 0.3) is 6.08 Å². The second kappa shape index (κ2) is 4.37. The molecule has 0 aliphatic heterocycles. The summed E-state index contributed by atoms with van der Waals surface area (Å²) in [7, 11) is 0. The molecule has 0 bridgehead atoms. The smallest absolute Gasteiger partial charge is 0.248 e. The van der Waals surface area contributed by atoms with Crippen molar-refractivity contribution < 1.29 is 9.59 Å². The number of nitrogens with two attached hydrogens (primary N) is 1. The van der Waals surface area contributed by atoms with E-state index in [0.29, 0.717) is 5.56 Å². The van der Waals surface area contributed by atoms with Gasteiger partial charge in [0, 0.05) is 5.56 Å². The van der Waals surface area contributed by atoms with Gasteiger partial charge in [0.2, 0.25) is 5.91 Å². The summed E-state index contributed by atoms with van der Waals surface area (Å²) in [5, 5.41) is 0. The van der Waals surface area contributed by atoms with E-state index in [1.54, 1.807) is 30.3 Å². The quantitative estimate of drug-likeness (QED) is 0.730. The van der Waals surface area contributed by atoms with Crippen molar-refractivity contribution >= 4 is 17.8 Å². The normalized spacial score (nSPS) is 10.4. The lowest BCUT2D eigenvalue weighted by atomic mass is 10.1. The lowest BCUT2D eigenvalue weighted by Crippen LogP contribution is -2.10. The van der Waals surface area contributed by atoms with E-state index >= 15 is 0 Å². The number of ketones is 1. The average Bonchev–Trinajstić information content (AvgIpc) is 2.15. The maximum atomic E-state index is 10.8. The molecule has 0 heterocycles. The summed E-state index contributed by atoms with van der Waals surface area (Å²) in [6, 6.07) is 6.79. The summed E-state index contributed by atoms with van der Waals surface area (Å²) < 4.78 is 0. The summed E-state index contributed by atoms with van der Waals surface area (Å²) in [6.45, 7) is 1.47. The van der Waals surface area contributed by atoms with Crippen LogP contribution >= 0.6 is 0 Å². The fraction of sp³-hybridized carbons (Fsp3) is 0.0909. The van der Waals surface area contributed by atoms with Gasteiger partial charge < -0.3 is 5.73 Å². The highest BCUT2D eigenvalue weighted by Crippen LogP contribution is 2.06. The van der Waals surface area contributed by atoms with E-state index in [1.807, 2.05) is 0 Å². The van der Waals surface area contributed by atoms with Crippen molar-refractivity contribution in [2.75, 3.05) is 0 Å². The molecule has 14 heavy (non-hydrogen) atoms. The monoisotopic (exact) mass is 189 g/mol. The topological polar surface area (TPSA) is 60.2 Å². The number of hydrogen-bond donors (Lipinski definition) is 1. The number of allylic oxidation sites excluding steroid dienone is 1. The van der Waals surface area contributed by atoms with Crippen LogP contribution in [0, 0.1) is 0 Å². The molecule has 1 rings (SSSR count). The molecule has 3 heteroatoms. The highest BCUT2D eigenvalue weighted by Gasteiger charge is 1.98. The lowest BCUT2D eigenvalue weighted by Gasteiger charge is -1.96. The van der Waals surface area contributed by atoms with Crippen molar-refractivity contribution in [3.8, 4) is 0 Å². The number of carbonyl (C=O) groups is 2. The first kappa shape index (κ1) is 10.2. The third-order valence-electron chi connectivity index (χ3n) is 1.68. The first-order valence-corrected chi connectivity index (χ1v) is 4.18. The van der Waals surface area contributed by atoms with E-state index in [4.69, 9.17) is 5.73 Å². The van der Waals surface area contributed by atoms with Crippen LogP contribution in [-0.4, -0.2) is 11.7 Å². The van der Waals surface area contributed by atoms with Gasteiger partial charge in [0.15, 0.2) is 5.78 Å². The van der Waals surface area contributed by atoms with Crippen LogP contribution in [-0.2, 0) is 4.79 Å². The van der Waals surface area contributed by atoms with Crippen LogP contribution in [0.15, 0.2) is 30.3 Å². The minimum absolute atomic E-state index is 0.0329. The highest BCUT2D eigenvalue weighted by atomic mass is 16.1. The van der Waals surface area contributed by atoms with E-state index in [2.05, 4.69) is 0 Å². The third-order valence-corrected chi connectivity index (χ3v) is 1.68. The lowest BCUT2D eigenvalue weighted by molar-refractivity contribution is -0.112. The van der Waals surface area contributed by atoms with Gasteiger partial charge in [-0.05, 0) is 30.7 Å². The average molecular weight is 189 g/mol. The van der Waals surface area contributed by atoms with Crippen LogP contribution in [0.4, 0.5) is 0 Å². The summed E-state index contributed by atoms with van der Waals surface area (Å²) in [6.07, 6.45) is 3.09. The summed E-state index contributed by atoms with van der Waals surface area (Å²) >= 11 is 0. The zero-order valence-corrected chi connectivity index (χ0v) is 7.86. The Labute approximate surface area is 82.2 Å². The predicted molar refractivity (Wildman–Crippen MR) is 54.7 cm³/mol. The van der Waals surface area contributed by atoms with Crippen LogP contribution in [0.5, 0.6) is 0 Å². The molecule has 3 nitrogen and oxygen atoms in total. The fourth-order valence-corrected chi connectivity index (χ4v) is 1.01. The molecule has 72 valence electrons. The van der Waals surface area contributed by atoms with Crippen LogP contribution in [0.2, 0.25) is 0 Å². The molecule has 0 fully saturated rings. The SMILES string of the molecule is CC(=O)/C=C/c1cccc(C(N)=O)c1. The molecule has 1 amide bonds. The Morgan fingerprint density at radius 3 is 2.64 bits per heavy atom. The number of hydrogen-bond acceptors (Lipinski definition) is 2. The molecule has 2 N–H and O–H groups in total. The van der Waals surface area contributed by atoms with Gasteiger partial charge in [0.05, 0.1) is 0 Å². The minimum atomic E-state index is -0.469. The molecule has 0 aliphatic carbocycles. The molecule has 0 unspecified atom stereocenters. The van der Waals surface area contributed by atoms with E-state index in [-0.39, 0.29) is 5.78 Å². The maximum absolute atomic E-state index is 10.8. The zero-order chi connectivity index (χ0) is 10.6. The molecule has 0 spiro atoms. The number of primary amides is 1. The van der Waals surface area contributed by atoms with Crippen molar-refractivity contribution in [3.05, 3.63) is 41.5 Å². The molecule has 1 aromatic rings. The first-order chi connectivity index (χ1) is 6.59. The molecule has 0 aromatic heterocycles. The van der Waals surface area contributed by atoms with E-state index in [1.165, 1.54) is 13.0 Å². The van der Waals surface area contributed by atoms with Crippen molar-refractivity contribution in [3.63, 3.8) is 0 Å². The summed E-state index contributed by atoms with van der Waals surface area (Å²) in [5.74, 6) is -0.502. The van der Waals surface area contributed by atoms with Gasteiger partial charge in [-0.1, -0.05) is 18.2 Å². The second-order valence-corrected chi connectivity index (χ2v) is 2.93. The number of amides is 1. The van der Waals surface area contributed by atoms with Gasteiger partial charge in [-0.3, -0.25) is 9.59 Å². The van der Waals surface area contributed by atoms with E-state index < -0.39 is 5.91 Å². The van der Waals surface area contributed by atoms with E-state index in [9.17, 15) is 9.59 Å². The zero-order valence-electron chi connectivity index (χ0n) is 7.86. The molecule has 0 saturated heterocycles. The summed E-state index contributed by atoms with van der Waals surface area (Å²) in [4.78, 5) is 21.5. The highest BCUT2D eigenvalue weighted by molar-refractivity contribution is 5.94. The molecule has 0 atom stereocenters. The largest absolute Gasteiger partial charge is 0.366 e. The Morgan fingerprint density at radius 2 is 2.07 bits per heavy atom. The number of rotatable bonds is 3. The Hall–Kier alpha value is -1.90. The maximum Gasteiger partial charge on any atom is 0.248 e. The van der Waals surface area contributed by atoms with Gasteiger partial charge in [-0.25, -0.2) is 0 Å². The minimum Gasteiger partial charge on any atom is -0.366 e. The Balaban J connectivity index is 2.94. The van der Waals surface area contributed by atoms with E-state index in [0.717, 1.165) is 5.56 Å². The molecular formula is C11H11NO2. The fourth-order valence-electron chi connectivity index (χ4n) is 1.01. The van der Waals surface area contributed by atoms with Crippen molar-refractivity contribution in [2.24, 2.45) is 5.73 Å². The van der Waals surface area contributed by atoms with Crippen molar-refractivity contribution in [2.45, 2.75) is 6.92 Å². The standard InChI is InChI=1S/C11H11NO2/c1-8(13)5-6-9-3-2-4-10(7-9)11(12)14/h2-7H,1H3,(H2,12,14)/b6-5+. The molecular weight excluding hydrogens is 178 g/mol. The Morgan fingerprint density at radius 1 is 1.36 bits per heavy atom. The van der Waals surface area contributed by atoms with Gasteiger partial charge >= 0.3 is 0 Å². The molecule has 0 saturated carbocycles. The molecule has 0 radical (unpaired) electrons. The third kappa shape index (κ3) is 2.86. The van der Waals surface area contributed by atoms with Crippen molar-refractivity contribution in [1.29, 1.82) is 0 Å². The first-order valence-electron chi connectivity index (χ1n) is 4.18. The molecule has 0 aliphatic rings. The van der Waals surface area contributed by atoms with Gasteiger partial charge in [-0.2, -0.15) is 0 Å². The number of benzene rings is 1. The number of carbonyl (C=O) groups excluding carboxylic acids is 2. The van der Waals surface area contributed by atoms with Gasteiger partial charge in [0.1, 0.15) is 0 Å². The van der Waals surface area contributed by atoms with Crippen LogP contribution in [0.1, 0.15) is 22.8 Å². The van der Waals surface area contributed by atoms with Crippen LogP contribution in [0.3, 0.4) is 0 Å². The van der Waals surface area contributed by atoms with Crippen LogP contribution < -0.4 is 5.73 Å². The van der Waals surface area contributed by atoms with Gasteiger partial charge in [-0.15, -0.1) is 0 Å². The Kier molecular flexibility index (Phi) is 3.18. The second-order valence-electron chi connectivity index (χ2n) is 2.93. The molecule has 1 aromatic carbocycles. The predicted octanol–water partition coefficient (Wildman–Crippen LogP) is 1.39. The summed E-state index contributed by atoms with van der Waals surface area (Å²) in [5.41, 5.74) is 6.34. The van der Waals surface area contributed by atoms with Crippen molar-refractivity contribution in [1.82, 2.24) is 0 Å².